The molecule has 2 aromatic rings. The summed E-state index contributed by atoms with van der Waals surface area (Å²) >= 11 is 0. The van der Waals surface area contributed by atoms with Crippen LogP contribution in [0.2, 0.25) is 0 Å². The Bertz CT molecular complexity index is 812. The summed E-state index contributed by atoms with van der Waals surface area (Å²) in [5.74, 6) is 2.70. The van der Waals surface area contributed by atoms with E-state index >= 15 is 0 Å². The van der Waals surface area contributed by atoms with Gasteiger partial charge in [0.2, 0.25) is 0 Å². The van der Waals surface area contributed by atoms with Gasteiger partial charge in [-0.25, -0.2) is 0 Å². The number of aliphatic carboxylic acids is 1. The molecular formula is C23H26O4. The van der Waals surface area contributed by atoms with Crippen molar-refractivity contribution in [2.45, 2.75) is 37.5 Å². The molecule has 4 heteroatoms. The second-order valence-corrected chi connectivity index (χ2v) is 7.80. The molecule has 2 aliphatic carbocycles. The Hall–Kier alpha value is -2.49. The molecule has 0 amide bonds. The largest absolute Gasteiger partial charge is 0.497 e. The first-order chi connectivity index (χ1) is 13.1. The summed E-state index contributed by atoms with van der Waals surface area (Å²) in [5, 5.41) is 9.21. The molecule has 2 fully saturated rings. The van der Waals surface area contributed by atoms with Crippen LogP contribution in [-0.2, 0) is 4.79 Å². The molecule has 0 aliphatic heterocycles. The fourth-order valence-electron chi connectivity index (χ4n) is 3.99. The Morgan fingerprint density at radius 1 is 1.15 bits per heavy atom. The quantitative estimate of drug-likeness (QED) is 0.689. The van der Waals surface area contributed by atoms with Crippen molar-refractivity contribution in [2.24, 2.45) is 11.8 Å². The number of carboxylic acids is 1. The highest BCUT2D eigenvalue weighted by atomic mass is 16.5. The van der Waals surface area contributed by atoms with Gasteiger partial charge in [0.05, 0.1) is 20.1 Å². The van der Waals surface area contributed by atoms with Crippen molar-refractivity contribution in [3.8, 4) is 11.5 Å². The molecule has 0 aromatic heterocycles. The van der Waals surface area contributed by atoms with Crippen molar-refractivity contribution < 1.29 is 19.4 Å². The van der Waals surface area contributed by atoms with Crippen LogP contribution >= 0.6 is 0 Å². The topological polar surface area (TPSA) is 55.8 Å². The Labute approximate surface area is 160 Å². The van der Waals surface area contributed by atoms with Crippen LogP contribution in [0.15, 0.2) is 48.5 Å². The lowest BCUT2D eigenvalue weighted by molar-refractivity contribution is -0.137. The SMILES string of the molecule is COc1cccc(C2CC2COc2cccc([C@@H](CC(=O)O)C3CC3)c2)c1. The van der Waals surface area contributed by atoms with Crippen LogP contribution < -0.4 is 9.47 Å². The summed E-state index contributed by atoms with van der Waals surface area (Å²) < 4.78 is 11.4. The van der Waals surface area contributed by atoms with Crippen molar-refractivity contribution in [2.75, 3.05) is 13.7 Å². The van der Waals surface area contributed by atoms with Crippen molar-refractivity contribution in [1.82, 2.24) is 0 Å². The lowest BCUT2D eigenvalue weighted by Gasteiger charge is -2.16. The van der Waals surface area contributed by atoms with Gasteiger partial charge in [0.15, 0.2) is 0 Å². The molecule has 27 heavy (non-hydrogen) atoms. The predicted molar refractivity (Wildman–Crippen MR) is 103 cm³/mol. The first-order valence-electron chi connectivity index (χ1n) is 9.72. The zero-order chi connectivity index (χ0) is 18.8. The van der Waals surface area contributed by atoms with Crippen LogP contribution in [0, 0.1) is 11.8 Å². The predicted octanol–water partition coefficient (Wildman–Crippen LogP) is 4.85. The Balaban J connectivity index is 1.36. The fraction of sp³-hybridized carbons (Fsp3) is 0.435. The molecule has 0 heterocycles. The lowest BCUT2D eigenvalue weighted by atomic mass is 9.91. The second kappa shape index (κ2) is 7.63. The molecule has 142 valence electrons. The molecule has 0 bridgehead atoms. The van der Waals surface area contributed by atoms with Gasteiger partial charge in [-0.05, 0) is 72.4 Å². The number of methoxy groups -OCH3 is 1. The molecule has 0 radical (unpaired) electrons. The number of benzene rings is 2. The van der Waals surface area contributed by atoms with E-state index in [1.54, 1.807) is 7.11 Å². The van der Waals surface area contributed by atoms with Crippen LogP contribution in [0.5, 0.6) is 11.5 Å². The van der Waals surface area contributed by atoms with Crippen molar-refractivity contribution in [1.29, 1.82) is 0 Å². The maximum atomic E-state index is 11.2. The second-order valence-electron chi connectivity index (χ2n) is 7.80. The molecule has 2 saturated carbocycles. The molecule has 3 atom stereocenters. The summed E-state index contributed by atoms with van der Waals surface area (Å²) in [5.41, 5.74) is 2.41. The third-order valence-corrected chi connectivity index (χ3v) is 5.78. The maximum absolute atomic E-state index is 11.2. The molecule has 0 saturated heterocycles. The number of ether oxygens (including phenoxy) is 2. The Morgan fingerprint density at radius 2 is 1.93 bits per heavy atom. The summed E-state index contributed by atoms with van der Waals surface area (Å²) in [6.07, 6.45) is 3.60. The molecular weight excluding hydrogens is 340 g/mol. The number of hydrogen-bond donors (Lipinski definition) is 1. The number of hydrogen-bond acceptors (Lipinski definition) is 3. The third-order valence-electron chi connectivity index (χ3n) is 5.78. The summed E-state index contributed by atoms with van der Waals surface area (Å²) in [4.78, 5) is 11.2. The lowest BCUT2D eigenvalue weighted by Crippen LogP contribution is -2.09. The van der Waals surface area contributed by atoms with E-state index in [1.807, 2.05) is 36.4 Å². The number of rotatable bonds is 9. The molecule has 2 aromatic carbocycles. The van der Waals surface area contributed by atoms with E-state index < -0.39 is 5.97 Å². The minimum Gasteiger partial charge on any atom is -0.497 e. The summed E-state index contributed by atoms with van der Waals surface area (Å²) in [6, 6.07) is 16.3. The minimum absolute atomic E-state index is 0.108. The summed E-state index contributed by atoms with van der Waals surface area (Å²) in [6.45, 7) is 0.693. The normalized spacial score (nSPS) is 22.1. The van der Waals surface area contributed by atoms with Crippen molar-refractivity contribution in [3.63, 3.8) is 0 Å². The number of carbonyl (C=O) groups is 1. The average Bonchev–Trinajstić information content (AvgIpc) is 3.59. The van der Waals surface area contributed by atoms with Crippen molar-refractivity contribution >= 4 is 5.97 Å². The van der Waals surface area contributed by atoms with Gasteiger partial charge in [-0.3, -0.25) is 4.79 Å². The highest BCUT2D eigenvalue weighted by Gasteiger charge is 2.39. The standard InChI is InChI=1S/C23H26O4/c1-26-19-6-2-4-16(10-19)21-12-18(21)14-27-20-7-3-5-17(11-20)22(13-23(24)25)15-8-9-15/h2-7,10-11,15,18,21-22H,8-9,12-14H2,1H3,(H,24,25)/t18?,21?,22-/m0/s1. The Morgan fingerprint density at radius 3 is 2.67 bits per heavy atom. The molecule has 4 rings (SSSR count). The Kier molecular flexibility index (Phi) is 5.06. The molecule has 2 aliphatic rings. The van der Waals surface area contributed by atoms with E-state index in [0.717, 1.165) is 36.3 Å². The molecule has 1 N–H and O–H groups in total. The zero-order valence-corrected chi connectivity index (χ0v) is 15.6. The van der Waals surface area contributed by atoms with Gasteiger partial charge in [0.1, 0.15) is 11.5 Å². The van der Waals surface area contributed by atoms with Crippen LogP contribution in [0.25, 0.3) is 0 Å². The fourth-order valence-corrected chi connectivity index (χ4v) is 3.99. The van der Waals surface area contributed by atoms with E-state index in [9.17, 15) is 9.90 Å². The zero-order valence-electron chi connectivity index (χ0n) is 15.6. The van der Waals surface area contributed by atoms with Crippen LogP contribution in [0.4, 0.5) is 0 Å². The molecule has 0 spiro atoms. The van der Waals surface area contributed by atoms with E-state index in [4.69, 9.17) is 9.47 Å². The highest BCUT2D eigenvalue weighted by molar-refractivity contribution is 5.68. The molecule has 4 nitrogen and oxygen atoms in total. The van der Waals surface area contributed by atoms with Crippen LogP contribution in [0.1, 0.15) is 48.6 Å². The summed E-state index contributed by atoms with van der Waals surface area (Å²) in [7, 11) is 1.69. The highest BCUT2D eigenvalue weighted by Crippen LogP contribution is 2.48. The maximum Gasteiger partial charge on any atom is 0.303 e. The van der Waals surface area contributed by atoms with E-state index in [0.29, 0.717) is 24.4 Å². The van der Waals surface area contributed by atoms with Crippen LogP contribution in [-0.4, -0.2) is 24.8 Å². The number of carboxylic acid groups (broad SMARTS) is 1. The smallest absolute Gasteiger partial charge is 0.303 e. The van der Waals surface area contributed by atoms with E-state index in [1.165, 1.54) is 5.56 Å². The van der Waals surface area contributed by atoms with Crippen molar-refractivity contribution in [3.05, 3.63) is 59.7 Å². The first-order valence-corrected chi connectivity index (χ1v) is 9.72. The van der Waals surface area contributed by atoms with Gasteiger partial charge < -0.3 is 14.6 Å². The first kappa shape index (κ1) is 17.9. The van der Waals surface area contributed by atoms with Crippen LogP contribution in [0.3, 0.4) is 0 Å². The minimum atomic E-state index is -0.725. The monoisotopic (exact) mass is 366 g/mol. The third kappa shape index (κ3) is 4.44. The molecule has 2 unspecified atom stereocenters. The van der Waals surface area contributed by atoms with Gasteiger partial charge in [-0.15, -0.1) is 0 Å². The van der Waals surface area contributed by atoms with Gasteiger partial charge in [-0.2, -0.15) is 0 Å². The van der Waals surface area contributed by atoms with Gasteiger partial charge in [-0.1, -0.05) is 24.3 Å². The van der Waals surface area contributed by atoms with Gasteiger partial charge in [0.25, 0.3) is 0 Å². The van der Waals surface area contributed by atoms with Gasteiger partial charge >= 0.3 is 5.97 Å². The average molecular weight is 366 g/mol. The van der Waals surface area contributed by atoms with Gasteiger partial charge in [0, 0.05) is 5.92 Å². The van der Waals surface area contributed by atoms with E-state index in [-0.39, 0.29) is 12.3 Å². The van der Waals surface area contributed by atoms with E-state index in [2.05, 4.69) is 12.1 Å².